The van der Waals surface area contributed by atoms with Crippen LogP contribution in [0, 0.1) is 11.3 Å². The summed E-state index contributed by atoms with van der Waals surface area (Å²) >= 11 is 0. The van der Waals surface area contributed by atoms with Crippen LogP contribution in [0.25, 0.3) is 0 Å². The van der Waals surface area contributed by atoms with E-state index in [0.717, 1.165) is 6.42 Å². The zero-order valence-electron chi connectivity index (χ0n) is 6.24. The molecule has 0 fully saturated rings. The Morgan fingerprint density at radius 2 is 2.27 bits per heavy atom. The SMILES string of the molecule is CCCC(C#N)NS(N)(=O)=O. The minimum Gasteiger partial charge on any atom is -0.216 e. The maximum absolute atomic E-state index is 10.4. The lowest BCUT2D eigenvalue weighted by Gasteiger charge is -2.06. The molecule has 1 unspecified atom stereocenters. The monoisotopic (exact) mass is 177 g/mol. The molecule has 1 atom stereocenters. The molecule has 64 valence electrons. The second kappa shape index (κ2) is 4.28. The molecule has 0 saturated heterocycles. The third kappa shape index (κ3) is 5.79. The molecule has 0 radical (unpaired) electrons. The summed E-state index contributed by atoms with van der Waals surface area (Å²) in [6.45, 7) is 1.86. The largest absolute Gasteiger partial charge is 0.275 e. The molecule has 0 amide bonds. The van der Waals surface area contributed by atoms with Crippen LogP contribution in [-0.4, -0.2) is 14.5 Å². The highest BCUT2D eigenvalue weighted by molar-refractivity contribution is 7.87. The van der Waals surface area contributed by atoms with Gasteiger partial charge in [-0.3, -0.25) is 0 Å². The quantitative estimate of drug-likeness (QED) is 0.604. The Labute approximate surface area is 66.4 Å². The number of hydrogen-bond donors (Lipinski definition) is 2. The average molecular weight is 177 g/mol. The van der Waals surface area contributed by atoms with Crippen LogP contribution < -0.4 is 9.86 Å². The third-order valence-corrected chi connectivity index (χ3v) is 1.65. The number of rotatable bonds is 4. The molecule has 0 aromatic rings. The molecule has 5 nitrogen and oxygen atoms in total. The molecule has 0 bridgehead atoms. The fourth-order valence-electron chi connectivity index (χ4n) is 0.637. The van der Waals surface area contributed by atoms with Crippen molar-refractivity contribution in [3.8, 4) is 6.07 Å². The van der Waals surface area contributed by atoms with Crippen LogP contribution in [0.5, 0.6) is 0 Å². The van der Waals surface area contributed by atoms with Crippen molar-refractivity contribution < 1.29 is 8.42 Å². The predicted octanol–water partition coefficient (Wildman–Crippen LogP) is -0.528. The van der Waals surface area contributed by atoms with Gasteiger partial charge >= 0.3 is 0 Å². The summed E-state index contributed by atoms with van der Waals surface area (Å²) in [6, 6.07) is 1.09. The van der Waals surface area contributed by atoms with E-state index in [2.05, 4.69) is 5.14 Å². The first-order valence-electron chi connectivity index (χ1n) is 3.19. The normalized spacial score (nSPS) is 13.9. The molecule has 0 aliphatic rings. The first-order valence-corrected chi connectivity index (χ1v) is 4.74. The van der Waals surface area contributed by atoms with Gasteiger partial charge < -0.3 is 0 Å². The van der Waals surface area contributed by atoms with Gasteiger partial charge in [0.1, 0.15) is 6.04 Å². The molecule has 0 saturated carbocycles. The van der Waals surface area contributed by atoms with Crippen molar-refractivity contribution in [2.75, 3.05) is 0 Å². The van der Waals surface area contributed by atoms with Crippen LogP contribution in [0.1, 0.15) is 19.8 Å². The molecule has 0 aromatic carbocycles. The van der Waals surface area contributed by atoms with Crippen molar-refractivity contribution in [1.29, 1.82) is 5.26 Å². The summed E-state index contributed by atoms with van der Waals surface area (Å²) in [5.74, 6) is 0. The summed E-state index contributed by atoms with van der Waals surface area (Å²) in [6.07, 6.45) is 1.22. The Kier molecular flexibility index (Phi) is 4.03. The fourth-order valence-corrected chi connectivity index (χ4v) is 1.20. The second-order valence-electron chi connectivity index (χ2n) is 2.13. The Morgan fingerprint density at radius 3 is 2.55 bits per heavy atom. The third-order valence-electron chi connectivity index (χ3n) is 1.04. The Hall–Kier alpha value is -0.640. The van der Waals surface area contributed by atoms with E-state index in [1.807, 2.05) is 11.6 Å². The molecule has 11 heavy (non-hydrogen) atoms. The summed E-state index contributed by atoms with van der Waals surface area (Å²) in [5, 5.41) is 13.0. The number of hydrogen-bond acceptors (Lipinski definition) is 3. The maximum atomic E-state index is 10.4. The Bertz CT molecular complexity index is 241. The van der Waals surface area contributed by atoms with Gasteiger partial charge in [-0.2, -0.15) is 18.4 Å². The first kappa shape index (κ1) is 10.4. The predicted molar refractivity (Wildman–Crippen MR) is 40.6 cm³/mol. The highest BCUT2D eigenvalue weighted by atomic mass is 32.2. The number of nitriles is 1. The zero-order chi connectivity index (χ0) is 8.91. The van der Waals surface area contributed by atoms with E-state index >= 15 is 0 Å². The minimum absolute atomic E-state index is 0.479. The van der Waals surface area contributed by atoms with Gasteiger partial charge in [-0.05, 0) is 6.42 Å². The van der Waals surface area contributed by atoms with Crippen LogP contribution in [0.4, 0.5) is 0 Å². The molecular weight excluding hydrogens is 166 g/mol. The minimum atomic E-state index is -3.73. The summed E-state index contributed by atoms with van der Waals surface area (Å²) in [7, 11) is -3.73. The lowest BCUT2D eigenvalue weighted by Crippen LogP contribution is -2.38. The van der Waals surface area contributed by atoms with Crippen molar-refractivity contribution in [2.45, 2.75) is 25.8 Å². The zero-order valence-corrected chi connectivity index (χ0v) is 7.06. The lowest BCUT2D eigenvalue weighted by molar-refractivity contribution is 0.564. The van der Waals surface area contributed by atoms with Crippen LogP contribution in [-0.2, 0) is 10.2 Å². The van der Waals surface area contributed by atoms with Gasteiger partial charge in [0, 0.05) is 0 Å². The van der Waals surface area contributed by atoms with E-state index in [1.54, 1.807) is 6.07 Å². The molecule has 0 heterocycles. The first-order chi connectivity index (χ1) is 4.99. The van der Waals surface area contributed by atoms with E-state index < -0.39 is 16.3 Å². The average Bonchev–Trinajstić information content (AvgIpc) is 1.84. The van der Waals surface area contributed by atoms with E-state index in [1.165, 1.54) is 0 Å². The van der Waals surface area contributed by atoms with Crippen molar-refractivity contribution in [2.24, 2.45) is 5.14 Å². The van der Waals surface area contributed by atoms with Gasteiger partial charge in [0.15, 0.2) is 0 Å². The van der Waals surface area contributed by atoms with E-state index in [0.29, 0.717) is 6.42 Å². The van der Waals surface area contributed by atoms with Crippen molar-refractivity contribution in [3.63, 3.8) is 0 Å². The van der Waals surface area contributed by atoms with E-state index in [9.17, 15) is 8.42 Å². The Morgan fingerprint density at radius 1 is 1.73 bits per heavy atom. The van der Waals surface area contributed by atoms with Crippen LogP contribution in [0.3, 0.4) is 0 Å². The summed E-state index contributed by atoms with van der Waals surface area (Å²) < 4.78 is 22.8. The standard InChI is InChI=1S/C5H11N3O2S/c1-2-3-5(4-6)8-11(7,9)10/h5,8H,2-3H2,1H3,(H2,7,9,10). The van der Waals surface area contributed by atoms with Crippen molar-refractivity contribution in [1.82, 2.24) is 4.72 Å². The molecule has 6 heteroatoms. The maximum Gasteiger partial charge on any atom is 0.275 e. The molecule has 0 aliphatic carbocycles. The smallest absolute Gasteiger partial charge is 0.216 e. The lowest BCUT2D eigenvalue weighted by atomic mass is 10.2. The number of nitrogens with zero attached hydrogens (tertiary/aromatic N) is 1. The van der Waals surface area contributed by atoms with Crippen molar-refractivity contribution >= 4 is 10.2 Å². The highest BCUT2D eigenvalue weighted by Gasteiger charge is 2.11. The molecule has 0 aliphatic heterocycles. The van der Waals surface area contributed by atoms with Gasteiger partial charge in [0.25, 0.3) is 10.2 Å². The fraction of sp³-hybridized carbons (Fsp3) is 0.800. The van der Waals surface area contributed by atoms with E-state index in [4.69, 9.17) is 5.26 Å². The van der Waals surface area contributed by atoms with Gasteiger partial charge in [0.2, 0.25) is 0 Å². The molecule has 0 spiro atoms. The summed E-state index contributed by atoms with van der Waals surface area (Å²) in [4.78, 5) is 0. The Balaban J connectivity index is 4.02. The second-order valence-corrected chi connectivity index (χ2v) is 3.46. The van der Waals surface area contributed by atoms with Crippen LogP contribution in [0.2, 0.25) is 0 Å². The van der Waals surface area contributed by atoms with Crippen LogP contribution >= 0.6 is 0 Å². The van der Waals surface area contributed by atoms with Gasteiger partial charge in [-0.15, -0.1) is 0 Å². The summed E-state index contributed by atoms with van der Waals surface area (Å²) in [5.41, 5.74) is 0. The molecule has 0 aromatic heterocycles. The van der Waals surface area contributed by atoms with Gasteiger partial charge in [0.05, 0.1) is 6.07 Å². The molecule has 0 rings (SSSR count). The van der Waals surface area contributed by atoms with Gasteiger partial charge in [-0.1, -0.05) is 13.3 Å². The van der Waals surface area contributed by atoms with E-state index in [-0.39, 0.29) is 0 Å². The number of nitrogens with two attached hydrogens (primary N) is 1. The highest BCUT2D eigenvalue weighted by Crippen LogP contribution is 1.94. The van der Waals surface area contributed by atoms with Gasteiger partial charge in [-0.25, -0.2) is 5.14 Å². The molecule has 3 N–H and O–H groups in total. The number of nitrogens with one attached hydrogen (secondary N) is 1. The van der Waals surface area contributed by atoms with Crippen molar-refractivity contribution in [3.05, 3.63) is 0 Å². The molecular formula is C5H11N3O2S. The van der Waals surface area contributed by atoms with Crippen LogP contribution in [0.15, 0.2) is 0 Å². The topological polar surface area (TPSA) is 96.0 Å².